The van der Waals surface area contributed by atoms with Gasteiger partial charge in [-0.05, 0) is 5.92 Å². The van der Waals surface area contributed by atoms with Gasteiger partial charge in [0.05, 0.1) is 19.8 Å². The van der Waals surface area contributed by atoms with Gasteiger partial charge in [0.1, 0.15) is 0 Å². The molecule has 0 saturated heterocycles. The first-order valence-electron chi connectivity index (χ1n) is 7.29. The molecule has 0 aromatic carbocycles. The van der Waals surface area contributed by atoms with Gasteiger partial charge in [0.25, 0.3) is 0 Å². The SMILES string of the molecule is CC(C)CC(=O)NCCn1nc(C(F)(F)F)c2c1CCOC2. The molecular weight excluding hydrogens is 299 g/mol. The molecule has 22 heavy (non-hydrogen) atoms. The first kappa shape index (κ1) is 16.8. The molecule has 1 aromatic rings. The van der Waals surface area contributed by atoms with Crippen LogP contribution in [0.25, 0.3) is 0 Å². The number of nitrogens with zero attached hydrogens (tertiary/aromatic N) is 2. The van der Waals surface area contributed by atoms with Crippen molar-refractivity contribution >= 4 is 5.91 Å². The van der Waals surface area contributed by atoms with Gasteiger partial charge in [-0.15, -0.1) is 0 Å². The monoisotopic (exact) mass is 319 g/mol. The summed E-state index contributed by atoms with van der Waals surface area (Å²) in [6, 6.07) is 0. The Morgan fingerprint density at radius 3 is 2.82 bits per heavy atom. The van der Waals surface area contributed by atoms with E-state index in [1.165, 1.54) is 4.68 Å². The predicted octanol–water partition coefficient (Wildman–Crippen LogP) is 2.14. The lowest BCUT2D eigenvalue weighted by Gasteiger charge is -2.15. The van der Waals surface area contributed by atoms with E-state index in [0.29, 0.717) is 25.1 Å². The number of hydrogen-bond acceptors (Lipinski definition) is 3. The minimum Gasteiger partial charge on any atom is -0.376 e. The van der Waals surface area contributed by atoms with Crippen molar-refractivity contribution in [3.63, 3.8) is 0 Å². The molecule has 0 bridgehead atoms. The maximum absolute atomic E-state index is 13.0. The molecule has 0 fully saturated rings. The minimum absolute atomic E-state index is 0.0656. The second-order valence-electron chi connectivity index (χ2n) is 5.75. The lowest BCUT2D eigenvalue weighted by molar-refractivity contribution is -0.142. The van der Waals surface area contributed by atoms with Crippen LogP contribution in [0.4, 0.5) is 13.2 Å². The number of halogens is 3. The third kappa shape index (κ3) is 4.00. The summed E-state index contributed by atoms with van der Waals surface area (Å²) in [6.07, 6.45) is -3.69. The van der Waals surface area contributed by atoms with Crippen LogP contribution in [0.15, 0.2) is 0 Å². The standard InChI is InChI=1S/C14H20F3N3O2/c1-9(2)7-12(21)18-4-5-20-11-3-6-22-8-10(11)13(19-20)14(15,16)17/h9H,3-8H2,1-2H3,(H,18,21). The Kier molecular flexibility index (Phi) is 5.10. The molecule has 5 nitrogen and oxygen atoms in total. The first-order valence-corrected chi connectivity index (χ1v) is 7.29. The molecule has 0 unspecified atom stereocenters. The second kappa shape index (κ2) is 6.68. The molecule has 0 saturated carbocycles. The summed E-state index contributed by atoms with van der Waals surface area (Å²) in [6.45, 7) is 4.66. The predicted molar refractivity (Wildman–Crippen MR) is 73.1 cm³/mol. The molecule has 1 amide bonds. The highest BCUT2D eigenvalue weighted by Gasteiger charge is 2.39. The van der Waals surface area contributed by atoms with Gasteiger partial charge in [0.15, 0.2) is 5.69 Å². The highest BCUT2D eigenvalue weighted by molar-refractivity contribution is 5.75. The smallest absolute Gasteiger partial charge is 0.376 e. The summed E-state index contributed by atoms with van der Waals surface area (Å²) in [4.78, 5) is 11.6. The summed E-state index contributed by atoms with van der Waals surface area (Å²) < 4.78 is 45.4. The maximum atomic E-state index is 13.0. The number of amides is 1. The lowest BCUT2D eigenvalue weighted by atomic mass is 10.1. The van der Waals surface area contributed by atoms with E-state index in [4.69, 9.17) is 4.74 Å². The maximum Gasteiger partial charge on any atom is 0.435 e. The van der Waals surface area contributed by atoms with Crippen molar-refractivity contribution in [2.24, 2.45) is 5.92 Å². The number of hydrogen-bond donors (Lipinski definition) is 1. The van der Waals surface area contributed by atoms with E-state index in [1.807, 2.05) is 13.8 Å². The van der Waals surface area contributed by atoms with E-state index in [2.05, 4.69) is 10.4 Å². The summed E-state index contributed by atoms with van der Waals surface area (Å²) >= 11 is 0. The third-order valence-corrected chi connectivity index (χ3v) is 3.40. The molecule has 8 heteroatoms. The zero-order valence-corrected chi connectivity index (χ0v) is 12.7. The topological polar surface area (TPSA) is 56.2 Å². The van der Waals surface area contributed by atoms with Crippen LogP contribution in [0.1, 0.15) is 37.2 Å². The molecule has 0 aliphatic carbocycles. The van der Waals surface area contributed by atoms with E-state index in [9.17, 15) is 18.0 Å². The van der Waals surface area contributed by atoms with E-state index < -0.39 is 11.9 Å². The molecule has 2 heterocycles. The zero-order valence-electron chi connectivity index (χ0n) is 12.7. The Labute approximate surface area is 126 Å². The van der Waals surface area contributed by atoms with Crippen LogP contribution in [0.3, 0.4) is 0 Å². The number of rotatable bonds is 5. The van der Waals surface area contributed by atoms with Gasteiger partial charge in [0.2, 0.25) is 5.91 Å². The number of carbonyl (C=O) groups is 1. The van der Waals surface area contributed by atoms with Crippen molar-refractivity contribution in [1.82, 2.24) is 15.1 Å². The Morgan fingerprint density at radius 1 is 1.45 bits per heavy atom. The van der Waals surface area contributed by atoms with Crippen molar-refractivity contribution in [2.45, 2.75) is 46.0 Å². The summed E-state index contributed by atoms with van der Waals surface area (Å²) in [5, 5.41) is 6.39. The third-order valence-electron chi connectivity index (χ3n) is 3.40. The molecule has 1 aromatic heterocycles. The molecule has 124 valence electrons. The molecule has 0 radical (unpaired) electrons. The molecule has 0 spiro atoms. The normalized spacial score (nSPS) is 15.0. The molecular formula is C14H20F3N3O2. The second-order valence-corrected chi connectivity index (χ2v) is 5.75. The van der Waals surface area contributed by atoms with Crippen molar-refractivity contribution in [3.8, 4) is 0 Å². The number of ether oxygens (including phenoxy) is 1. The van der Waals surface area contributed by atoms with E-state index in [1.54, 1.807) is 0 Å². The van der Waals surface area contributed by atoms with Crippen molar-refractivity contribution in [3.05, 3.63) is 17.0 Å². The molecule has 1 aliphatic rings. The van der Waals surface area contributed by atoms with Gasteiger partial charge in [-0.3, -0.25) is 9.48 Å². The summed E-state index contributed by atoms with van der Waals surface area (Å²) in [5.41, 5.74) is -0.209. The fourth-order valence-electron chi connectivity index (χ4n) is 2.47. The molecule has 1 aliphatic heterocycles. The number of aromatic nitrogens is 2. The van der Waals surface area contributed by atoms with Gasteiger partial charge in [-0.2, -0.15) is 18.3 Å². The Morgan fingerprint density at radius 2 is 2.18 bits per heavy atom. The van der Waals surface area contributed by atoms with Crippen LogP contribution in [0, 0.1) is 5.92 Å². The largest absolute Gasteiger partial charge is 0.435 e. The van der Waals surface area contributed by atoms with E-state index in [0.717, 1.165) is 0 Å². The van der Waals surface area contributed by atoms with Crippen LogP contribution in [0.5, 0.6) is 0 Å². The summed E-state index contributed by atoms with van der Waals surface area (Å²) in [7, 11) is 0. The Balaban J connectivity index is 2.05. The van der Waals surface area contributed by atoms with Crippen LogP contribution in [0.2, 0.25) is 0 Å². The van der Waals surface area contributed by atoms with Gasteiger partial charge < -0.3 is 10.1 Å². The highest BCUT2D eigenvalue weighted by atomic mass is 19.4. The first-order chi connectivity index (χ1) is 10.3. The van der Waals surface area contributed by atoms with Crippen molar-refractivity contribution in [1.29, 1.82) is 0 Å². The van der Waals surface area contributed by atoms with E-state index in [-0.39, 0.29) is 37.1 Å². The van der Waals surface area contributed by atoms with Crippen molar-refractivity contribution < 1.29 is 22.7 Å². The molecule has 1 N–H and O–H groups in total. The fourth-order valence-corrected chi connectivity index (χ4v) is 2.47. The summed E-state index contributed by atoms with van der Waals surface area (Å²) in [5.74, 6) is 0.141. The molecule has 2 rings (SSSR count). The average Bonchev–Trinajstić information content (AvgIpc) is 2.77. The Hall–Kier alpha value is -1.57. The number of nitrogens with one attached hydrogen (secondary N) is 1. The van der Waals surface area contributed by atoms with Gasteiger partial charge >= 0.3 is 6.18 Å². The highest BCUT2D eigenvalue weighted by Crippen LogP contribution is 2.34. The van der Waals surface area contributed by atoms with E-state index >= 15 is 0 Å². The lowest BCUT2D eigenvalue weighted by Crippen LogP contribution is -2.29. The van der Waals surface area contributed by atoms with Gasteiger partial charge in [-0.1, -0.05) is 13.8 Å². The van der Waals surface area contributed by atoms with Crippen LogP contribution < -0.4 is 5.32 Å². The van der Waals surface area contributed by atoms with Crippen LogP contribution in [-0.4, -0.2) is 28.8 Å². The average molecular weight is 319 g/mol. The van der Waals surface area contributed by atoms with Crippen LogP contribution in [-0.2, 0) is 35.3 Å². The number of fused-ring (bicyclic) bond motifs is 1. The van der Waals surface area contributed by atoms with Gasteiger partial charge in [-0.25, -0.2) is 0 Å². The number of carbonyl (C=O) groups excluding carboxylic acids is 1. The Bertz CT molecular complexity index is 538. The van der Waals surface area contributed by atoms with Crippen molar-refractivity contribution in [2.75, 3.05) is 13.2 Å². The minimum atomic E-state index is -4.49. The van der Waals surface area contributed by atoms with Crippen LogP contribution >= 0.6 is 0 Å². The number of alkyl halides is 3. The van der Waals surface area contributed by atoms with Gasteiger partial charge in [0, 0.05) is 30.6 Å². The fraction of sp³-hybridized carbons (Fsp3) is 0.714. The molecule has 0 atom stereocenters. The quantitative estimate of drug-likeness (QED) is 0.904. The zero-order chi connectivity index (χ0) is 16.3.